The molecule has 0 aliphatic carbocycles. The molecular weight excluding hydrogens is 426 g/mol. The SMILES string of the molecule is Cc1ccc(C(=O)N2CCC3(CC2)Cc2ccccc2CN(CC(=O)NC(C)C)C3=O)c(C)c1. The molecule has 6 nitrogen and oxygen atoms in total. The molecule has 180 valence electrons. The number of aryl methyl sites for hydroxylation is 2. The van der Waals surface area contributed by atoms with E-state index in [9.17, 15) is 14.4 Å². The molecule has 4 rings (SSSR count). The van der Waals surface area contributed by atoms with Gasteiger partial charge < -0.3 is 15.1 Å². The van der Waals surface area contributed by atoms with Crippen LogP contribution in [0.4, 0.5) is 0 Å². The Hall–Kier alpha value is -3.15. The fraction of sp³-hybridized carbons (Fsp3) is 0.464. The fourth-order valence-corrected chi connectivity index (χ4v) is 5.36. The van der Waals surface area contributed by atoms with Gasteiger partial charge in [0.15, 0.2) is 0 Å². The van der Waals surface area contributed by atoms with Gasteiger partial charge in [-0.25, -0.2) is 0 Å². The van der Waals surface area contributed by atoms with Crippen LogP contribution < -0.4 is 5.32 Å². The maximum atomic E-state index is 13.9. The first kappa shape index (κ1) is 24.0. The van der Waals surface area contributed by atoms with Gasteiger partial charge in [-0.2, -0.15) is 0 Å². The highest BCUT2D eigenvalue weighted by Gasteiger charge is 2.46. The zero-order valence-electron chi connectivity index (χ0n) is 20.7. The largest absolute Gasteiger partial charge is 0.352 e. The van der Waals surface area contributed by atoms with Crippen molar-refractivity contribution in [1.82, 2.24) is 15.1 Å². The third kappa shape index (κ3) is 4.86. The Bertz CT molecular complexity index is 1100. The molecule has 1 N–H and O–H groups in total. The average Bonchev–Trinajstić information content (AvgIpc) is 2.89. The van der Waals surface area contributed by atoms with Crippen LogP contribution in [0.3, 0.4) is 0 Å². The number of amides is 3. The Morgan fingerprint density at radius 2 is 1.71 bits per heavy atom. The summed E-state index contributed by atoms with van der Waals surface area (Å²) in [5.41, 5.74) is 4.51. The van der Waals surface area contributed by atoms with Crippen LogP contribution in [0.2, 0.25) is 0 Å². The summed E-state index contributed by atoms with van der Waals surface area (Å²) in [5.74, 6) is -0.0800. The minimum atomic E-state index is -0.593. The highest BCUT2D eigenvalue weighted by atomic mass is 16.2. The van der Waals surface area contributed by atoms with Gasteiger partial charge in [0.1, 0.15) is 0 Å². The summed E-state index contributed by atoms with van der Waals surface area (Å²) in [4.78, 5) is 43.3. The lowest BCUT2D eigenvalue weighted by atomic mass is 9.72. The number of rotatable bonds is 4. The van der Waals surface area contributed by atoms with Gasteiger partial charge in [0.25, 0.3) is 5.91 Å². The number of hydrogen-bond donors (Lipinski definition) is 1. The van der Waals surface area contributed by atoms with E-state index in [2.05, 4.69) is 11.4 Å². The molecule has 0 aromatic heterocycles. The molecule has 0 atom stereocenters. The van der Waals surface area contributed by atoms with Crippen molar-refractivity contribution in [3.8, 4) is 0 Å². The number of piperidine rings is 1. The monoisotopic (exact) mass is 461 g/mol. The smallest absolute Gasteiger partial charge is 0.254 e. The van der Waals surface area contributed by atoms with Crippen molar-refractivity contribution in [2.24, 2.45) is 5.41 Å². The normalized spacial score (nSPS) is 17.5. The summed E-state index contributed by atoms with van der Waals surface area (Å²) in [6, 6.07) is 14.1. The summed E-state index contributed by atoms with van der Waals surface area (Å²) < 4.78 is 0. The van der Waals surface area contributed by atoms with Crippen LogP contribution in [-0.4, -0.2) is 53.2 Å². The molecule has 0 bridgehead atoms. The lowest BCUT2D eigenvalue weighted by Crippen LogP contribution is -2.53. The summed E-state index contributed by atoms with van der Waals surface area (Å²) >= 11 is 0. The number of benzene rings is 2. The number of carbonyl (C=O) groups is 3. The average molecular weight is 462 g/mol. The number of nitrogens with zero attached hydrogens (tertiary/aromatic N) is 2. The number of carbonyl (C=O) groups excluding carboxylic acids is 3. The zero-order valence-corrected chi connectivity index (χ0v) is 20.7. The van der Waals surface area contributed by atoms with Crippen molar-refractivity contribution in [3.63, 3.8) is 0 Å². The second kappa shape index (κ2) is 9.61. The van der Waals surface area contributed by atoms with Crippen molar-refractivity contribution in [1.29, 1.82) is 0 Å². The summed E-state index contributed by atoms with van der Waals surface area (Å²) in [5, 5.41) is 2.91. The van der Waals surface area contributed by atoms with E-state index in [-0.39, 0.29) is 30.3 Å². The molecule has 2 aromatic rings. The lowest BCUT2D eigenvalue weighted by molar-refractivity contribution is -0.147. The van der Waals surface area contributed by atoms with E-state index in [1.54, 1.807) is 4.90 Å². The molecule has 1 saturated heterocycles. The third-order valence-corrected chi connectivity index (χ3v) is 7.15. The summed E-state index contributed by atoms with van der Waals surface area (Å²) in [6.45, 7) is 9.39. The van der Waals surface area contributed by atoms with Crippen LogP contribution in [0.5, 0.6) is 0 Å². The maximum Gasteiger partial charge on any atom is 0.254 e. The molecule has 0 saturated carbocycles. The lowest BCUT2D eigenvalue weighted by Gasteiger charge is -2.42. The van der Waals surface area contributed by atoms with Gasteiger partial charge in [0.05, 0.1) is 12.0 Å². The Balaban J connectivity index is 1.56. The summed E-state index contributed by atoms with van der Waals surface area (Å²) in [6.07, 6.45) is 1.84. The molecule has 0 unspecified atom stereocenters. The number of hydrogen-bond acceptors (Lipinski definition) is 3. The quantitative estimate of drug-likeness (QED) is 0.756. The number of likely N-dealkylation sites (tertiary alicyclic amines) is 1. The Morgan fingerprint density at radius 3 is 2.35 bits per heavy atom. The first-order valence-electron chi connectivity index (χ1n) is 12.2. The van der Waals surface area contributed by atoms with Crippen molar-refractivity contribution >= 4 is 17.7 Å². The van der Waals surface area contributed by atoms with E-state index in [1.165, 1.54) is 0 Å². The van der Waals surface area contributed by atoms with E-state index in [0.717, 1.165) is 27.8 Å². The molecule has 1 fully saturated rings. The predicted molar refractivity (Wildman–Crippen MR) is 132 cm³/mol. The second-order valence-electron chi connectivity index (χ2n) is 10.2. The van der Waals surface area contributed by atoms with Gasteiger partial charge >= 0.3 is 0 Å². The number of fused-ring (bicyclic) bond motifs is 1. The van der Waals surface area contributed by atoms with Gasteiger partial charge in [-0.15, -0.1) is 0 Å². The van der Waals surface area contributed by atoms with Gasteiger partial charge in [-0.3, -0.25) is 14.4 Å². The molecule has 2 aliphatic heterocycles. The van der Waals surface area contributed by atoms with E-state index >= 15 is 0 Å². The molecule has 1 spiro atoms. The Labute approximate surface area is 202 Å². The maximum absolute atomic E-state index is 13.9. The van der Waals surface area contributed by atoms with Crippen LogP contribution >= 0.6 is 0 Å². The van der Waals surface area contributed by atoms with Crippen LogP contribution in [-0.2, 0) is 22.6 Å². The minimum Gasteiger partial charge on any atom is -0.352 e. The first-order valence-corrected chi connectivity index (χ1v) is 12.2. The highest BCUT2D eigenvalue weighted by molar-refractivity contribution is 5.96. The molecule has 3 amide bonds. The molecule has 2 heterocycles. The molecular formula is C28H35N3O3. The predicted octanol–water partition coefficient (Wildman–Crippen LogP) is 3.64. The standard InChI is InChI=1S/C28H35N3O3/c1-19(2)29-25(32)18-31-17-23-8-6-5-7-22(23)16-28(27(31)34)11-13-30(14-12-28)26(33)24-10-9-20(3)15-21(24)4/h5-10,15,19H,11-14,16-18H2,1-4H3,(H,29,32). The van der Waals surface area contributed by atoms with Crippen LogP contribution in [0.25, 0.3) is 0 Å². The van der Waals surface area contributed by atoms with E-state index in [4.69, 9.17) is 0 Å². The van der Waals surface area contributed by atoms with Gasteiger partial charge in [-0.1, -0.05) is 42.0 Å². The molecule has 34 heavy (non-hydrogen) atoms. The topological polar surface area (TPSA) is 69.7 Å². The van der Waals surface area contributed by atoms with Crippen molar-refractivity contribution in [3.05, 3.63) is 70.3 Å². The highest BCUT2D eigenvalue weighted by Crippen LogP contribution is 2.41. The molecule has 6 heteroatoms. The second-order valence-corrected chi connectivity index (χ2v) is 10.2. The van der Waals surface area contributed by atoms with Crippen LogP contribution in [0.15, 0.2) is 42.5 Å². The molecule has 2 aliphatic rings. The third-order valence-electron chi connectivity index (χ3n) is 7.15. The Kier molecular flexibility index (Phi) is 6.78. The van der Waals surface area contributed by atoms with Crippen molar-refractivity contribution in [2.75, 3.05) is 19.6 Å². The van der Waals surface area contributed by atoms with E-state index < -0.39 is 5.41 Å². The zero-order chi connectivity index (χ0) is 24.5. The van der Waals surface area contributed by atoms with Gasteiger partial charge in [0, 0.05) is 31.2 Å². The van der Waals surface area contributed by atoms with Crippen LogP contribution in [0.1, 0.15) is 59.3 Å². The van der Waals surface area contributed by atoms with Crippen molar-refractivity contribution < 1.29 is 14.4 Å². The minimum absolute atomic E-state index is 0.0234. The van der Waals surface area contributed by atoms with Crippen molar-refractivity contribution in [2.45, 2.75) is 59.5 Å². The molecule has 0 radical (unpaired) electrons. The van der Waals surface area contributed by atoms with E-state index in [0.29, 0.717) is 38.9 Å². The van der Waals surface area contributed by atoms with Crippen LogP contribution in [0, 0.1) is 19.3 Å². The number of nitrogens with one attached hydrogen (secondary N) is 1. The molecule has 2 aromatic carbocycles. The summed E-state index contributed by atoms with van der Waals surface area (Å²) in [7, 11) is 0. The van der Waals surface area contributed by atoms with E-state index in [1.807, 2.05) is 69.0 Å². The van der Waals surface area contributed by atoms with Gasteiger partial charge in [0.2, 0.25) is 11.8 Å². The van der Waals surface area contributed by atoms with Gasteiger partial charge in [-0.05, 0) is 69.7 Å². The fourth-order valence-electron chi connectivity index (χ4n) is 5.36. The Morgan fingerprint density at radius 1 is 1.03 bits per heavy atom. The first-order chi connectivity index (χ1) is 16.2.